The number of hydrogen-bond acceptors (Lipinski definition) is 2. The lowest BCUT2D eigenvalue weighted by atomic mass is 10.0. The van der Waals surface area contributed by atoms with Crippen LogP contribution in [0.25, 0.3) is 0 Å². The van der Waals surface area contributed by atoms with Gasteiger partial charge in [-0.1, -0.05) is 37.6 Å². The van der Waals surface area contributed by atoms with E-state index in [1.807, 2.05) is 0 Å². The van der Waals surface area contributed by atoms with E-state index < -0.39 is 0 Å². The molecule has 1 heterocycles. The zero-order valence-electron chi connectivity index (χ0n) is 12.8. The smallest absolute Gasteiger partial charge is 0.241 e. The van der Waals surface area contributed by atoms with Gasteiger partial charge in [-0.15, -0.1) is 0 Å². The first-order valence-corrected chi connectivity index (χ1v) is 7.68. The molecule has 4 unspecified atom stereocenters. The lowest BCUT2D eigenvalue weighted by Crippen LogP contribution is -2.34. The number of nitrogens with zero attached hydrogens (tertiary/aromatic N) is 1. The molecule has 108 valence electrons. The Bertz CT molecular complexity index is 540. The van der Waals surface area contributed by atoms with Gasteiger partial charge in [0.05, 0.1) is 6.04 Å². The fourth-order valence-corrected chi connectivity index (χ4v) is 3.36. The van der Waals surface area contributed by atoms with E-state index in [0.29, 0.717) is 12.0 Å². The highest BCUT2D eigenvalue weighted by Crippen LogP contribution is 2.42. The van der Waals surface area contributed by atoms with Crippen LogP contribution in [0.2, 0.25) is 0 Å². The minimum Gasteiger partial charge on any atom is -0.318 e. The lowest BCUT2D eigenvalue weighted by Gasteiger charge is -2.26. The van der Waals surface area contributed by atoms with Gasteiger partial charge in [-0.05, 0) is 43.7 Å². The van der Waals surface area contributed by atoms with Gasteiger partial charge in [0, 0.05) is 6.04 Å². The number of rotatable bonds is 3. The van der Waals surface area contributed by atoms with Crippen LogP contribution in [-0.2, 0) is 4.79 Å². The standard InChI is InChI=1S/C17H24N2O/c1-5-14-17(20)19(15-9-12(15)4)16(18-14)13-7-6-10(2)8-11(13)3/h6-8,12,14-16,18H,5,9H2,1-4H3. The van der Waals surface area contributed by atoms with Gasteiger partial charge >= 0.3 is 0 Å². The van der Waals surface area contributed by atoms with Crippen molar-refractivity contribution >= 4 is 5.91 Å². The van der Waals surface area contributed by atoms with Crippen molar-refractivity contribution in [3.63, 3.8) is 0 Å². The summed E-state index contributed by atoms with van der Waals surface area (Å²) in [5, 5.41) is 3.54. The maximum Gasteiger partial charge on any atom is 0.241 e. The van der Waals surface area contributed by atoms with Gasteiger partial charge in [-0.2, -0.15) is 0 Å². The molecule has 1 aromatic rings. The Labute approximate surface area is 121 Å². The van der Waals surface area contributed by atoms with Crippen LogP contribution in [0.1, 0.15) is 49.5 Å². The van der Waals surface area contributed by atoms with E-state index >= 15 is 0 Å². The van der Waals surface area contributed by atoms with Gasteiger partial charge in [-0.3, -0.25) is 10.1 Å². The number of carbonyl (C=O) groups excluding carboxylic acids is 1. The molecule has 1 saturated heterocycles. The Hall–Kier alpha value is -1.35. The molecule has 1 amide bonds. The number of benzene rings is 1. The quantitative estimate of drug-likeness (QED) is 0.917. The topological polar surface area (TPSA) is 32.3 Å². The van der Waals surface area contributed by atoms with Crippen LogP contribution in [-0.4, -0.2) is 22.9 Å². The summed E-state index contributed by atoms with van der Waals surface area (Å²) in [5.41, 5.74) is 3.79. The van der Waals surface area contributed by atoms with Crippen molar-refractivity contribution in [2.24, 2.45) is 5.92 Å². The number of carbonyl (C=O) groups is 1. The minimum absolute atomic E-state index is 0.0199. The van der Waals surface area contributed by atoms with Crippen molar-refractivity contribution < 1.29 is 4.79 Å². The highest BCUT2D eigenvalue weighted by Gasteiger charge is 2.49. The van der Waals surface area contributed by atoms with Crippen LogP contribution in [0.15, 0.2) is 18.2 Å². The third-order valence-corrected chi connectivity index (χ3v) is 4.74. The number of aryl methyl sites for hydroxylation is 2. The van der Waals surface area contributed by atoms with Crippen LogP contribution >= 0.6 is 0 Å². The molecule has 1 saturated carbocycles. The molecule has 20 heavy (non-hydrogen) atoms. The molecule has 3 nitrogen and oxygen atoms in total. The fourth-order valence-electron chi connectivity index (χ4n) is 3.36. The Morgan fingerprint density at radius 3 is 2.60 bits per heavy atom. The Morgan fingerprint density at radius 2 is 2.05 bits per heavy atom. The first-order chi connectivity index (χ1) is 9.52. The number of nitrogens with one attached hydrogen (secondary N) is 1. The summed E-state index contributed by atoms with van der Waals surface area (Å²) in [7, 11) is 0. The first kappa shape index (κ1) is 13.6. The highest BCUT2D eigenvalue weighted by molar-refractivity contribution is 5.85. The van der Waals surface area contributed by atoms with Crippen molar-refractivity contribution in [1.82, 2.24) is 10.2 Å². The largest absolute Gasteiger partial charge is 0.318 e. The van der Waals surface area contributed by atoms with Gasteiger partial charge in [0.15, 0.2) is 0 Å². The SMILES string of the molecule is CCC1NC(c2ccc(C)cc2C)N(C2CC2C)C1=O. The summed E-state index contributed by atoms with van der Waals surface area (Å²) in [4.78, 5) is 14.7. The molecular formula is C17H24N2O. The van der Waals surface area contributed by atoms with Crippen LogP contribution in [0.5, 0.6) is 0 Å². The third kappa shape index (κ3) is 2.14. The molecule has 3 heteroatoms. The average Bonchev–Trinajstić information content (AvgIpc) is 3.01. The summed E-state index contributed by atoms with van der Waals surface area (Å²) in [6, 6.07) is 6.93. The predicted octanol–water partition coefficient (Wildman–Crippen LogP) is 2.92. The molecule has 0 bridgehead atoms. The van der Waals surface area contributed by atoms with Crippen LogP contribution in [0.3, 0.4) is 0 Å². The monoisotopic (exact) mass is 272 g/mol. The molecule has 1 aliphatic heterocycles. The second kappa shape index (κ2) is 4.88. The van der Waals surface area contributed by atoms with Crippen LogP contribution in [0.4, 0.5) is 0 Å². The summed E-state index contributed by atoms with van der Waals surface area (Å²) in [6.45, 7) is 8.56. The van der Waals surface area contributed by atoms with Crippen molar-refractivity contribution in [2.45, 2.75) is 58.8 Å². The first-order valence-electron chi connectivity index (χ1n) is 7.68. The molecule has 1 aliphatic carbocycles. The lowest BCUT2D eigenvalue weighted by molar-refractivity contribution is -0.130. The molecule has 4 atom stereocenters. The van der Waals surface area contributed by atoms with E-state index in [-0.39, 0.29) is 18.1 Å². The molecule has 3 rings (SSSR count). The van der Waals surface area contributed by atoms with E-state index in [9.17, 15) is 4.79 Å². The summed E-state index contributed by atoms with van der Waals surface area (Å²) < 4.78 is 0. The van der Waals surface area contributed by atoms with E-state index in [1.54, 1.807) is 0 Å². The van der Waals surface area contributed by atoms with Crippen molar-refractivity contribution in [3.05, 3.63) is 34.9 Å². The summed E-state index contributed by atoms with van der Waals surface area (Å²) >= 11 is 0. The molecule has 2 aliphatic rings. The summed E-state index contributed by atoms with van der Waals surface area (Å²) in [6.07, 6.45) is 2.06. The van der Waals surface area contributed by atoms with Crippen molar-refractivity contribution in [1.29, 1.82) is 0 Å². The van der Waals surface area contributed by atoms with E-state index in [2.05, 4.69) is 56.1 Å². The molecule has 2 fully saturated rings. The van der Waals surface area contributed by atoms with Gasteiger partial charge in [0.2, 0.25) is 5.91 Å². The second-order valence-electron chi connectivity index (χ2n) is 6.42. The van der Waals surface area contributed by atoms with Crippen LogP contribution < -0.4 is 5.32 Å². The second-order valence-corrected chi connectivity index (χ2v) is 6.42. The zero-order chi connectivity index (χ0) is 14.4. The van der Waals surface area contributed by atoms with E-state index in [1.165, 1.54) is 16.7 Å². The number of hydrogen-bond donors (Lipinski definition) is 1. The van der Waals surface area contributed by atoms with Crippen molar-refractivity contribution in [2.75, 3.05) is 0 Å². The molecule has 1 aromatic carbocycles. The Kier molecular flexibility index (Phi) is 3.33. The minimum atomic E-state index is -0.0199. The molecule has 1 N–H and O–H groups in total. The van der Waals surface area contributed by atoms with Crippen LogP contribution in [0, 0.1) is 19.8 Å². The van der Waals surface area contributed by atoms with E-state index in [0.717, 1.165) is 12.8 Å². The van der Waals surface area contributed by atoms with Gasteiger partial charge < -0.3 is 4.90 Å². The third-order valence-electron chi connectivity index (χ3n) is 4.74. The zero-order valence-corrected chi connectivity index (χ0v) is 12.8. The highest BCUT2D eigenvalue weighted by atomic mass is 16.2. The van der Waals surface area contributed by atoms with Crippen molar-refractivity contribution in [3.8, 4) is 0 Å². The normalized spacial score (nSPS) is 32.8. The predicted molar refractivity (Wildman–Crippen MR) is 80.3 cm³/mol. The molecule has 0 radical (unpaired) electrons. The summed E-state index contributed by atoms with van der Waals surface area (Å²) in [5.74, 6) is 0.927. The average molecular weight is 272 g/mol. The van der Waals surface area contributed by atoms with Gasteiger partial charge in [-0.25, -0.2) is 0 Å². The van der Waals surface area contributed by atoms with Gasteiger partial charge in [0.1, 0.15) is 6.17 Å². The molecule has 0 aromatic heterocycles. The fraction of sp³-hybridized carbons (Fsp3) is 0.588. The molecular weight excluding hydrogens is 248 g/mol. The van der Waals surface area contributed by atoms with E-state index in [4.69, 9.17) is 0 Å². The Balaban J connectivity index is 1.95. The maximum absolute atomic E-state index is 12.6. The molecule has 0 spiro atoms. The van der Waals surface area contributed by atoms with Gasteiger partial charge in [0.25, 0.3) is 0 Å². The Morgan fingerprint density at radius 1 is 1.35 bits per heavy atom. The number of amides is 1. The maximum atomic E-state index is 12.6.